The molecule has 24 aromatic rings. The molecule has 0 radical (unpaired) electrons. The largest absolute Gasteiger partial charge is 0.311 e. The third kappa shape index (κ3) is 15.4. The maximum atomic E-state index is 9.99. The van der Waals surface area contributed by atoms with E-state index >= 15 is 0 Å². The average Bonchev–Trinajstić information content (AvgIpc) is 1.52. The van der Waals surface area contributed by atoms with Gasteiger partial charge in [-0.3, -0.25) is 0 Å². The lowest BCUT2D eigenvalue weighted by Crippen LogP contribution is -2.09. The van der Waals surface area contributed by atoms with E-state index in [1.807, 2.05) is 95.9 Å². The molecule has 0 N–H and O–H groups in total. The summed E-state index contributed by atoms with van der Waals surface area (Å²) in [6.45, 7) is 0. The van der Waals surface area contributed by atoms with Crippen LogP contribution in [0.25, 0.3) is 188 Å². The zero-order chi connectivity index (χ0) is 129. The normalized spacial score (nSPS) is 16.4. The summed E-state index contributed by atoms with van der Waals surface area (Å²) in [6, 6.07) is 30.9. The van der Waals surface area contributed by atoms with Crippen LogP contribution >= 0.6 is 0 Å². The molecule has 0 aliphatic heterocycles. The van der Waals surface area contributed by atoms with Gasteiger partial charge in [-0.15, -0.1) is 0 Å². The van der Waals surface area contributed by atoms with E-state index in [0.717, 1.165) is 82.8 Å². The molecule has 0 saturated heterocycles. The van der Waals surface area contributed by atoms with Gasteiger partial charge >= 0.3 is 0 Å². The minimum Gasteiger partial charge on any atom is -0.311 e. The minimum atomic E-state index is -1.51. The maximum absolute atomic E-state index is 9.99. The van der Waals surface area contributed by atoms with Gasteiger partial charge in [0.15, 0.2) is 0 Å². The molecule has 0 aliphatic rings. The summed E-state index contributed by atoms with van der Waals surface area (Å²) in [5, 5.41) is 1.31. The summed E-state index contributed by atoms with van der Waals surface area (Å²) in [5.74, 6) is 0. The van der Waals surface area contributed by atoms with Crippen molar-refractivity contribution in [3.05, 3.63) is 533 Å². The van der Waals surface area contributed by atoms with E-state index in [1.165, 1.54) is 0 Å². The molecule has 0 fully saturated rings. The highest BCUT2D eigenvalue weighted by molar-refractivity contribution is 6.13. The molecular formula is C128H88N4. The van der Waals surface area contributed by atoms with Gasteiger partial charge in [-0.25, -0.2) is 0 Å². The Morgan fingerprint density at radius 3 is 1.12 bits per heavy atom. The van der Waals surface area contributed by atoms with Crippen LogP contribution in [0.5, 0.6) is 0 Å². The van der Waals surface area contributed by atoms with Gasteiger partial charge in [0, 0.05) is 66.4 Å². The number of nitrogens with zero attached hydrogens (tertiary/aromatic N) is 4. The highest BCUT2D eigenvalue weighted by Gasteiger charge is 2.22. The second-order valence-corrected chi connectivity index (χ2v) is 30.1. The van der Waals surface area contributed by atoms with Crippen molar-refractivity contribution >= 4 is 99.3 Å². The molecule has 2 aromatic heterocycles. The number of hydrogen-bond acceptors (Lipinski definition) is 2. The zero-order valence-corrected chi connectivity index (χ0v) is 68.9. The third-order valence-electron chi connectivity index (χ3n) is 22.4. The van der Waals surface area contributed by atoms with Crippen LogP contribution < -0.4 is 9.80 Å². The molecule has 620 valence electrons. The molecule has 2 heterocycles. The SMILES string of the molecule is [2H]c1c([2H])c(N(c2ccc(-c3ccc(-c4ccccc4)cc3)cc2)c2ccc(-c3cccc(-c4ccccc4)c3)cc2)c([2H])c([2H])c1-c1ccc2c(c1)c1ccccc1n2-c1cccc2ccccc12.[2H]c1c([2H])c([2H])c(-c2c([2H])c([2H])c(-c3c([2H])c([2H])c(N(c4c([2H])c([2H])c(-c5c([2H])c([2H])c([2H])c([2H])c5-c5c([2H])c([2H])c([2H])c([2H])c5[2H])c([2H])c4[2H])c4c([2H])c([2H])c(-c5c([2H])c([2H])c6c(c5[2H])c5c([2H])c([2H])c([2H])c([2H])c5n6-c5c([2H])c([2H])c([2H])c6c([2H])c([2H])c([2H])c([2H])c56)c([2H])c4[2H])c([2H])c3[2H])c([2H])c2[2H])c([2H])c1[2H]. The molecule has 24 rings (SSSR count). The monoisotopic (exact) mass is 1730 g/mol. The second-order valence-electron chi connectivity index (χ2n) is 30.1. The second kappa shape index (κ2) is 35.1. The first-order valence-electron chi connectivity index (χ1n) is 65.4. The van der Waals surface area contributed by atoms with Gasteiger partial charge in [0.05, 0.1) is 99.2 Å². The van der Waals surface area contributed by atoms with Gasteiger partial charge in [0.25, 0.3) is 0 Å². The molecule has 0 atom stereocenters. The van der Waals surface area contributed by atoms with Crippen LogP contribution in [0.4, 0.5) is 34.1 Å². The van der Waals surface area contributed by atoms with Crippen molar-refractivity contribution in [3.8, 4) is 123 Å². The molecular weight excluding hydrogens is 1590 g/mol. The fourth-order valence-electron chi connectivity index (χ4n) is 16.2. The van der Waals surface area contributed by atoms with Crippen molar-refractivity contribution in [3.63, 3.8) is 0 Å². The fourth-order valence-corrected chi connectivity index (χ4v) is 16.2. The van der Waals surface area contributed by atoms with Gasteiger partial charge in [-0.2, -0.15) is 0 Å². The number of hydrogen-bond donors (Lipinski definition) is 0. The number of para-hydroxylation sites is 2. The Morgan fingerprint density at radius 1 is 0.159 bits per heavy atom. The van der Waals surface area contributed by atoms with E-state index in [-0.39, 0.29) is 40.3 Å². The van der Waals surface area contributed by atoms with Gasteiger partial charge in [-0.1, -0.05) is 406 Å². The Balaban J connectivity index is 0.000000207. The highest BCUT2D eigenvalue weighted by atomic mass is 15.1. The van der Waals surface area contributed by atoms with Crippen molar-refractivity contribution in [2.24, 2.45) is 0 Å². The maximum Gasteiger partial charge on any atom is 0.0645 e. The summed E-state index contributed by atoms with van der Waals surface area (Å²) in [5.41, 5.74) is -2.66. The number of benzene rings is 22. The van der Waals surface area contributed by atoms with Crippen LogP contribution in [0.15, 0.2) is 533 Å². The predicted octanol–water partition coefficient (Wildman–Crippen LogP) is 35.5. The Bertz CT molecular complexity index is 11300. The van der Waals surface area contributed by atoms with Gasteiger partial charge in [0.2, 0.25) is 0 Å². The Morgan fingerprint density at radius 2 is 0.523 bits per heavy atom. The summed E-state index contributed by atoms with van der Waals surface area (Å²) >= 11 is 0. The summed E-state index contributed by atoms with van der Waals surface area (Å²) < 4.78 is 443. The Hall–Kier alpha value is -17.4. The van der Waals surface area contributed by atoms with Crippen molar-refractivity contribution in [2.75, 3.05) is 9.80 Å². The van der Waals surface area contributed by atoms with Crippen molar-refractivity contribution in [1.82, 2.24) is 9.13 Å². The van der Waals surface area contributed by atoms with Gasteiger partial charge in [0.1, 0.15) is 0 Å². The molecule has 0 aliphatic carbocycles. The topological polar surface area (TPSA) is 16.3 Å². The van der Waals surface area contributed by atoms with Crippen molar-refractivity contribution in [1.29, 1.82) is 0 Å². The molecule has 0 amide bonds. The zero-order valence-electron chi connectivity index (χ0n) is 117. The molecule has 4 nitrogen and oxygen atoms in total. The predicted molar refractivity (Wildman–Crippen MR) is 560 cm³/mol. The molecule has 0 bridgehead atoms. The summed E-state index contributed by atoms with van der Waals surface area (Å²) in [7, 11) is 0. The van der Waals surface area contributed by atoms with Crippen molar-refractivity contribution < 1.29 is 65.8 Å². The van der Waals surface area contributed by atoms with Crippen LogP contribution in [-0.2, 0) is 0 Å². The van der Waals surface area contributed by atoms with Crippen LogP contribution in [0.1, 0.15) is 65.8 Å². The van der Waals surface area contributed by atoms with Crippen molar-refractivity contribution in [2.45, 2.75) is 0 Å². The first kappa shape index (κ1) is 43.4. The van der Waals surface area contributed by atoms with Crippen LogP contribution in [0.3, 0.4) is 0 Å². The fraction of sp³-hybridized carbons (Fsp3) is 0. The van der Waals surface area contributed by atoms with Gasteiger partial charge < -0.3 is 18.9 Å². The van der Waals surface area contributed by atoms with E-state index in [1.54, 1.807) is 0 Å². The summed E-state index contributed by atoms with van der Waals surface area (Å²) in [6.07, 6.45) is 0. The van der Waals surface area contributed by atoms with E-state index in [2.05, 4.69) is 156 Å². The molecule has 22 aromatic carbocycles. The number of anilines is 6. The van der Waals surface area contributed by atoms with Crippen LogP contribution in [-0.4, -0.2) is 9.13 Å². The lowest BCUT2D eigenvalue weighted by Gasteiger charge is -2.26. The van der Waals surface area contributed by atoms with E-state index in [4.69, 9.17) is 31.5 Å². The van der Waals surface area contributed by atoms with Crippen LogP contribution in [0, 0.1) is 0 Å². The smallest absolute Gasteiger partial charge is 0.0645 e. The minimum absolute atomic E-state index is 0.109. The Labute approximate surface area is 836 Å². The number of aromatic nitrogens is 2. The standard InChI is InChI=1S/2C64H44N2/c1-3-13-45(14-4-1)47-25-27-48(28-26-47)49-29-36-56(37-30-49)65(57-38-31-50(32-39-57)54-20-11-19-53(43-54)46-15-5-2-6-16-46)58-40-33-51(34-41-58)55-35-42-64-61(44-55)60-22-9-10-23-63(60)66(64)62-24-12-18-52-17-7-8-21-59(52)62;1-3-14-45(15-4-1)46-26-28-47(29-27-46)48-30-37-54(38-31-48)65(56-41-34-52(35-42-56)58-21-10-9-20-57(58)50-16-5-2-6-17-50)55-39-32-49(33-40-55)53-36-43-64-61(44-53)60-23-11-12-24-63(60)66(64)62-25-13-19-51-18-7-8-22-59(51)62/h2*1-44H/i33D,34D,40D,41D;1D,2D,3D,4D,5D,6D,7D,8D,9D,10D,11D,12D,13D,14D,15D,16D,17D,18D,19D,20D,21D,22D,23D,24D,25D,26D,27D,28D,29D,30D,31D,32D,33D,34D,35D,36D,37D,38D,39D,40D,41D,42D,43D,44D. The molecule has 0 saturated carbocycles. The molecule has 132 heavy (non-hydrogen) atoms. The Kier molecular flexibility index (Phi) is 11.5. The number of fused-ring (bicyclic) bond motifs is 8. The average molecular weight is 1730 g/mol. The summed E-state index contributed by atoms with van der Waals surface area (Å²) in [4.78, 5) is 1.98. The van der Waals surface area contributed by atoms with Crippen LogP contribution in [0.2, 0.25) is 0 Å². The van der Waals surface area contributed by atoms with E-state index in [9.17, 15) is 34.3 Å². The van der Waals surface area contributed by atoms with E-state index in [0.29, 0.717) is 21.5 Å². The van der Waals surface area contributed by atoms with E-state index < -0.39 is 377 Å². The first-order valence-corrected chi connectivity index (χ1v) is 41.4. The van der Waals surface area contributed by atoms with Gasteiger partial charge in [-0.05, 0) is 249 Å². The molecule has 0 unspecified atom stereocenters. The first-order chi connectivity index (χ1) is 85.5. The lowest BCUT2D eigenvalue weighted by molar-refractivity contribution is 1.20. The molecule has 4 heteroatoms. The third-order valence-corrected chi connectivity index (χ3v) is 22.4. The number of rotatable bonds is 18. The highest BCUT2D eigenvalue weighted by Crippen LogP contribution is 2.46. The molecule has 0 spiro atoms. The lowest BCUT2D eigenvalue weighted by atomic mass is 9.94. The quantitative estimate of drug-likeness (QED) is 0.0851.